The summed E-state index contributed by atoms with van der Waals surface area (Å²) in [5.41, 5.74) is 0.120. The van der Waals surface area contributed by atoms with Crippen LogP contribution in [0.1, 0.15) is 13.8 Å². The van der Waals surface area contributed by atoms with E-state index >= 15 is 0 Å². The third-order valence-electron chi connectivity index (χ3n) is 1.69. The van der Waals surface area contributed by atoms with Crippen LogP contribution in [0.4, 0.5) is 0 Å². The van der Waals surface area contributed by atoms with Crippen LogP contribution in [0.2, 0.25) is 0 Å². The van der Waals surface area contributed by atoms with Crippen molar-refractivity contribution >= 4 is 11.6 Å². The van der Waals surface area contributed by atoms with Crippen LogP contribution in [0.15, 0.2) is 9.98 Å². The Morgan fingerprint density at radius 2 is 2.27 bits per heavy atom. The molecule has 0 amide bonds. The average molecular weight is 217 g/mol. The highest BCUT2D eigenvalue weighted by Crippen LogP contribution is 2.18. The Kier molecular flexibility index (Phi) is 3.01. The molecule has 0 aliphatic carbocycles. The first-order valence-corrected chi connectivity index (χ1v) is 4.20. The molecule has 8 nitrogen and oxygen atoms in total. The first kappa shape index (κ1) is 11.5. The van der Waals surface area contributed by atoms with Crippen molar-refractivity contribution in [2.75, 3.05) is 6.61 Å². The first-order valence-electron chi connectivity index (χ1n) is 4.20. The Hall–Kier alpha value is -1.54. The standard InChI is InChI=1S/C7H11N3O5/c1-4(3-11)15-6-5(2)8-7(12,9-6)10(13)14/h4,11-12H,3H2,1-2H3. The average Bonchev–Trinajstić information content (AvgIpc) is 2.43. The maximum atomic E-state index is 10.4. The monoisotopic (exact) mass is 217 g/mol. The lowest BCUT2D eigenvalue weighted by Gasteiger charge is -2.10. The number of aliphatic hydroxyl groups excluding tert-OH is 1. The SMILES string of the molecule is CC1=NC(O)([N+](=O)[O-])N=C1OC(C)CO. The molecule has 0 aromatic rings. The van der Waals surface area contributed by atoms with Crippen LogP contribution in [-0.2, 0) is 4.74 Å². The van der Waals surface area contributed by atoms with Gasteiger partial charge in [0.1, 0.15) is 16.7 Å². The Morgan fingerprint density at radius 1 is 1.67 bits per heavy atom. The predicted octanol–water partition coefficient (Wildman–Crippen LogP) is -0.863. The summed E-state index contributed by atoms with van der Waals surface area (Å²) in [5, 5.41) is 28.4. The van der Waals surface area contributed by atoms with Crippen LogP contribution in [0.5, 0.6) is 0 Å². The second-order valence-electron chi connectivity index (χ2n) is 3.08. The van der Waals surface area contributed by atoms with Gasteiger partial charge in [0.05, 0.1) is 6.61 Å². The number of ether oxygens (including phenoxy) is 1. The van der Waals surface area contributed by atoms with E-state index in [0.29, 0.717) is 0 Å². The molecule has 0 saturated heterocycles. The van der Waals surface area contributed by atoms with E-state index in [-0.39, 0.29) is 18.2 Å². The summed E-state index contributed by atoms with van der Waals surface area (Å²) < 4.78 is 5.02. The molecule has 2 N–H and O–H groups in total. The van der Waals surface area contributed by atoms with Gasteiger partial charge in [-0.1, -0.05) is 0 Å². The fraction of sp³-hybridized carbons (Fsp3) is 0.714. The van der Waals surface area contributed by atoms with Crippen LogP contribution in [0.3, 0.4) is 0 Å². The van der Waals surface area contributed by atoms with Crippen LogP contribution in [0, 0.1) is 10.1 Å². The molecule has 1 aliphatic rings. The summed E-state index contributed by atoms with van der Waals surface area (Å²) >= 11 is 0. The minimum atomic E-state index is -2.69. The van der Waals surface area contributed by atoms with Gasteiger partial charge in [0.15, 0.2) is 0 Å². The third-order valence-corrected chi connectivity index (χ3v) is 1.69. The second kappa shape index (κ2) is 3.91. The van der Waals surface area contributed by atoms with Gasteiger partial charge in [-0.2, -0.15) is 4.99 Å². The Labute approximate surface area is 85.1 Å². The number of hydrogen-bond acceptors (Lipinski definition) is 7. The van der Waals surface area contributed by atoms with Gasteiger partial charge in [0, 0.05) is 0 Å². The zero-order valence-electron chi connectivity index (χ0n) is 8.25. The molecule has 1 rings (SSSR count). The molecule has 15 heavy (non-hydrogen) atoms. The van der Waals surface area contributed by atoms with Crippen LogP contribution in [0.25, 0.3) is 0 Å². The van der Waals surface area contributed by atoms with E-state index in [0.717, 1.165) is 0 Å². The second-order valence-corrected chi connectivity index (χ2v) is 3.08. The van der Waals surface area contributed by atoms with E-state index in [1.54, 1.807) is 6.92 Å². The molecule has 2 atom stereocenters. The molecule has 0 radical (unpaired) electrons. The maximum Gasteiger partial charge on any atom is 0.537 e. The van der Waals surface area contributed by atoms with Gasteiger partial charge in [0.25, 0.3) is 0 Å². The zero-order chi connectivity index (χ0) is 11.6. The summed E-state index contributed by atoms with van der Waals surface area (Å²) in [6.07, 6.45) is -0.567. The Morgan fingerprint density at radius 3 is 2.67 bits per heavy atom. The molecule has 0 aromatic carbocycles. The van der Waals surface area contributed by atoms with Gasteiger partial charge in [0.2, 0.25) is 5.90 Å². The third kappa shape index (κ3) is 2.28. The maximum absolute atomic E-state index is 10.4. The van der Waals surface area contributed by atoms with Crippen LogP contribution < -0.4 is 0 Å². The van der Waals surface area contributed by atoms with Crippen molar-refractivity contribution in [1.29, 1.82) is 0 Å². The molecule has 0 spiro atoms. The summed E-state index contributed by atoms with van der Waals surface area (Å²) in [7, 11) is 0. The van der Waals surface area contributed by atoms with Gasteiger partial charge in [-0.25, -0.2) is 0 Å². The van der Waals surface area contributed by atoms with Crippen molar-refractivity contribution in [3.8, 4) is 0 Å². The largest absolute Gasteiger partial charge is 0.537 e. The fourth-order valence-corrected chi connectivity index (χ4v) is 0.936. The minimum Gasteiger partial charge on any atom is -0.471 e. The van der Waals surface area contributed by atoms with E-state index in [1.807, 2.05) is 0 Å². The number of aliphatic hydroxyl groups is 2. The van der Waals surface area contributed by atoms with Crippen molar-refractivity contribution in [3.63, 3.8) is 0 Å². The van der Waals surface area contributed by atoms with Gasteiger partial charge >= 0.3 is 5.97 Å². The van der Waals surface area contributed by atoms with E-state index in [9.17, 15) is 15.2 Å². The molecule has 1 aliphatic heterocycles. The summed E-state index contributed by atoms with van der Waals surface area (Å²) in [6.45, 7) is 2.72. The lowest BCUT2D eigenvalue weighted by molar-refractivity contribution is -0.619. The fourth-order valence-electron chi connectivity index (χ4n) is 0.936. The lowest BCUT2D eigenvalue weighted by atomic mass is 10.4. The van der Waals surface area contributed by atoms with E-state index in [2.05, 4.69) is 9.98 Å². The van der Waals surface area contributed by atoms with Crippen molar-refractivity contribution < 1.29 is 19.9 Å². The number of aliphatic imine (C=N–C) groups is 2. The smallest absolute Gasteiger partial charge is 0.471 e. The Balaban J connectivity index is 2.85. The quantitative estimate of drug-likeness (QED) is 0.362. The van der Waals surface area contributed by atoms with Gasteiger partial charge < -0.3 is 9.84 Å². The highest BCUT2D eigenvalue weighted by atomic mass is 16.7. The number of hydrogen-bond donors (Lipinski definition) is 2. The van der Waals surface area contributed by atoms with Crippen molar-refractivity contribution in [1.82, 2.24) is 0 Å². The molecule has 0 bridgehead atoms. The first-order chi connectivity index (χ1) is 6.89. The van der Waals surface area contributed by atoms with Crippen LogP contribution >= 0.6 is 0 Å². The molecule has 1 heterocycles. The van der Waals surface area contributed by atoms with Crippen molar-refractivity contribution in [2.24, 2.45) is 9.98 Å². The number of rotatable bonds is 3. The normalized spacial score (nSPS) is 26.9. The molecular formula is C7H11N3O5. The van der Waals surface area contributed by atoms with Crippen LogP contribution in [-0.4, -0.2) is 45.4 Å². The molecule has 2 unspecified atom stereocenters. The zero-order valence-corrected chi connectivity index (χ0v) is 8.25. The molecule has 0 saturated carbocycles. The minimum absolute atomic E-state index is 0.120. The van der Waals surface area contributed by atoms with Gasteiger partial charge in [-0.15, -0.1) is 4.99 Å². The molecule has 0 fully saturated rings. The highest BCUT2D eigenvalue weighted by Gasteiger charge is 2.46. The Bertz CT molecular complexity index is 340. The molecule has 8 heteroatoms. The van der Waals surface area contributed by atoms with Crippen molar-refractivity contribution in [3.05, 3.63) is 10.1 Å². The highest BCUT2D eigenvalue weighted by molar-refractivity contribution is 6.39. The van der Waals surface area contributed by atoms with Gasteiger partial charge in [-0.3, -0.25) is 15.2 Å². The van der Waals surface area contributed by atoms with E-state index in [1.165, 1.54) is 6.92 Å². The van der Waals surface area contributed by atoms with Crippen molar-refractivity contribution in [2.45, 2.75) is 25.9 Å². The molecule has 84 valence electrons. The summed E-state index contributed by atoms with van der Waals surface area (Å²) in [5.74, 6) is -2.81. The topological polar surface area (TPSA) is 118 Å². The van der Waals surface area contributed by atoms with E-state index < -0.39 is 17.0 Å². The molecular weight excluding hydrogens is 206 g/mol. The number of nitro groups is 1. The van der Waals surface area contributed by atoms with Gasteiger partial charge in [-0.05, 0) is 13.8 Å². The lowest BCUT2D eigenvalue weighted by Crippen LogP contribution is -2.32. The predicted molar refractivity (Wildman–Crippen MR) is 50.1 cm³/mol. The molecule has 0 aromatic heterocycles. The van der Waals surface area contributed by atoms with E-state index in [4.69, 9.17) is 9.84 Å². The number of nitrogens with zero attached hydrogens (tertiary/aromatic N) is 3. The summed E-state index contributed by atoms with van der Waals surface area (Å²) in [6, 6.07) is 0. The summed E-state index contributed by atoms with van der Waals surface area (Å²) in [4.78, 5) is 16.1.